The summed E-state index contributed by atoms with van der Waals surface area (Å²) in [6, 6.07) is 17.4. The third-order valence-electron chi connectivity index (χ3n) is 4.02. The Labute approximate surface area is 163 Å². The zero-order chi connectivity index (χ0) is 19.8. The van der Waals surface area contributed by atoms with Crippen molar-refractivity contribution in [2.45, 2.75) is 19.9 Å². The number of carbonyl (C=O) groups is 2. The molecule has 0 radical (unpaired) electrons. The van der Waals surface area contributed by atoms with E-state index in [9.17, 15) is 9.59 Å². The van der Waals surface area contributed by atoms with Crippen molar-refractivity contribution >= 4 is 17.5 Å². The van der Waals surface area contributed by atoms with Crippen molar-refractivity contribution in [1.82, 2.24) is 5.32 Å². The van der Waals surface area contributed by atoms with Crippen molar-refractivity contribution in [2.75, 3.05) is 11.9 Å². The molecule has 0 unspecified atom stereocenters. The molecule has 0 aliphatic rings. The molecule has 0 spiro atoms. The van der Waals surface area contributed by atoms with Crippen LogP contribution in [0.2, 0.25) is 0 Å². The van der Waals surface area contributed by atoms with Crippen molar-refractivity contribution < 1.29 is 18.7 Å². The van der Waals surface area contributed by atoms with E-state index >= 15 is 0 Å². The lowest BCUT2D eigenvalue weighted by atomic mass is 10.1. The third-order valence-corrected chi connectivity index (χ3v) is 4.02. The topological polar surface area (TPSA) is 80.6 Å². The number of rotatable bonds is 8. The maximum atomic E-state index is 12.8. The second-order valence-corrected chi connectivity index (χ2v) is 6.11. The minimum atomic E-state index is -0.335. The summed E-state index contributed by atoms with van der Waals surface area (Å²) in [5, 5.41) is 5.60. The number of benzene rings is 2. The summed E-state index contributed by atoms with van der Waals surface area (Å²) in [7, 11) is 0. The van der Waals surface area contributed by atoms with E-state index < -0.39 is 0 Å². The number of anilines is 1. The fourth-order valence-electron chi connectivity index (χ4n) is 2.65. The first-order valence-electron chi connectivity index (χ1n) is 9.12. The molecule has 0 saturated carbocycles. The van der Waals surface area contributed by atoms with Gasteiger partial charge in [-0.3, -0.25) is 9.59 Å². The van der Waals surface area contributed by atoms with Crippen LogP contribution in [-0.4, -0.2) is 18.4 Å². The first-order valence-corrected chi connectivity index (χ1v) is 9.12. The van der Waals surface area contributed by atoms with Gasteiger partial charge in [-0.05, 0) is 42.8 Å². The summed E-state index contributed by atoms with van der Waals surface area (Å²) in [4.78, 5) is 25.3. The summed E-state index contributed by atoms with van der Waals surface area (Å²) >= 11 is 0. The maximum absolute atomic E-state index is 12.8. The number of hydrogen-bond donors (Lipinski definition) is 2. The highest BCUT2D eigenvalue weighted by atomic mass is 16.5. The number of ether oxygens (including phenoxy) is 1. The second kappa shape index (κ2) is 9.41. The molecule has 2 N–H and O–H groups in total. The fourth-order valence-corrected chi connectivity index (χ4v) is 2.65. The van der Waals surface area contributed by atoms with E-state index in [1.165, 1.54) is 0 Å². The van der Waals surface area contributed by atoms with Crippen LogP contribution < -0.4 is 15.4 Å². The number of furan rings is 1. The molecule has 0 atom stereocenters. The molecule has 1 aromatic heterocycles. The Hall–Kier alpha value is -3.54. The molecule has 0 bridgehead atoms. The number of nitrogens with one attached hydrogen (secondary N) is 2. The van der Waals surface area contributed by atoms with Crippen LogP contribution in [0, 0.1) is 0 Å². The molecule has 0 fully saturated rings. The molecule has 144 valence electrons. The van der Waals surface area contributed by atoms with Gasteiger partial charge in [-0.1, -0.05) is 31.2 Å². The highest BCUT2D eigenvalue weighted by molar-refractivity contribution is 6.10. The molecule has 2 aromatic carbocycles. The fraction of sp³-hybridized carbons (Fsp3) is 0.182. The van der Waals surface area contributed by atoms with Gasteiger partial charge < -0.3 is 19.8 Å². The minimum Gasteiger partial charge on any atom is -0.493 e. The molecule has 6 nitrogen and oxygen atoms in total. The SMILES string of the molecule is CCCOc1ccccc1C(=O)Nc1ccccc1C(=O)NCc1ccco1. The first kappa shape index (κ1) is 19.2. The third kappa shape index (κ3) is 4.79. The zero-order valence-electron chi connectivity index (χ0n) is 15.6. The molecule has 6 heteroatoms. The van der Waals surface area contributed by atoms with Crippen molar-refractivity contribution in [3.8, 4) is 5.75 Å². The first-order chi connectivity index (χ1) is 13.7. The molecule has 28 heavy (non-hydrogen) atoms. The van der Waals surface area contributed by atoms with Gasteiger partial charge in [0.15, 0.2) is 0 Å². The molecule has 3 aromatic rings. The summed E-state index contributed by atoms with van der Waals surface area (Å²) < 4.78 is 10.9. The summed E-state index contributed by atoms with van der Waals surface area (Å²) in [5.74, 6) is 0.527. The molecule has 0 aliphatic heterocycles. The summed E-state index contributed by atoms with van der Waals surface area (Å²) in [6.07, 6.45) is 2.39. The normalized spacial score (nSPS) is 10.3. The average molecular weight is 378 g/mol. The highest BCUT2D eigenvalue weighted by Crippen LogP contribution is 2.22. The van der Waals surface area contributed by atoms with E-state index in [2.05, 4.69) is 10.6 Å². The van der Waals surface area contributed by atoms with Gasteiger partial charge in [-0.2, -0.15) is 0 Å². The van der Waals surface area contributed by atoms with Crippen LogP contribution in [0.15, 0.2) is 71.3 Å². The number of amides is 2. The number of hydrogen-bond acceptors (Lipinski definition) is 4. The van der Waals surface area contributed by atoms with Crippen LogP contribution in [0.5, 0.6) is 5.75 Å². The Bertz CT molecular complexity index is 935. The lowest BCUT2D eigenvalue weighted by Crippen LogP contribution is -2.24. The van der Waals surface area contributed by atoms with Crippen molar-refractivity contribution in [1.29, 1.82) is 0 Å². The van der Waals surface area contributed by atoms with Crippen molar-refractivity contribution in [3.05, 3.63) is 83.8 Å². The highest BCUT2D eigenvalue weighted by Gasteiger charge is 2.16. The largest absolute Gasteiger partial charge is 0.493 e. The van der Waals surface area contributed by atoms with Crippen LogP contribution in [0.1, 0.15) is 39.8 Å². The van der Waals surface area contributed by atoms with E-state index in [0.717, 1.165) is 6.42 Å². The summed E-state index contributed by atoms with van der Waals surface area (Å²) in [5.41, 5.74) is 1.21. The number of carbonyl (C=O) groups excluding carboxylic acids is 2. The Morgan fingerprint density at radius 3 is 2.43 bits per heavy atom. The van der Waals surface area contributed by atoms with Crippen molar-refractivity contribution in [2.24, 2.45) is 0 Å². The molecule has 3 rings (SSSR count). The van der Waals surface area contributed by atoms with Crippen molar-refractivity contribution in [3.63, 3.8) is 0 Å². The van der Waals surface area contributed by atoms with Gasteiger partial charge >= 0.3 is 0 Å². The molecule has 0 saturated heterocycles. The molecule has 1 heterocycles. The number of para-hydroxylation sites is 2. The van der Waals surface area contributed by atoms with Gasteiger partial charge in [-0.25, -0.2) is 0 Å². The van der Waals surface area contributed by atoms with Gasteiger partial charge in [0.25, 0.3) is 11.8 Å². The lowest BCUT2D eigenvalue weighted by molar-refractivity contribution is 0.0949. The predicted octanol–water partition coefficient (Wildman–Crippen LogP) is 4.25. The van der Waals surface area contributed by atoms with Gasteiger partial charge in [0.2, 0.25) is 0 Å². The lowest BCUT2D eigenvalue weighted by Gasteiger charge is -2.13. The maximum Gasteiger partial charge on any atom is 0.259 e. The van der Waals surface area contributed by atoms with Crippen LogP contribution in [0.4, 0.5) is 5.69 Å². The van der Waals surface area contributed by atoms with Crippen LogP contribution in [0.3, 0.4) is 0 Å². The smallest absolute Gasteiger partial charge is 0.259 e. The van der Waals surface area contributed by atoms with E-state index in [-0.39, 0.29) is 18.4 Å². The molecular formula is C22H22N2O4. The minimum absolute atomic E-state index is 0.266. The average Bonchev–Trinajstić information content (AvgIpc) is 3.24. The molecular weight excluding hydrogens is 356 g/mol. The van der Waals surface area contributed by atoms with E-state index in [1.54, 1.807) is 60.9 Å². The van der Waals surface area contributed by atoms with Gasteiger partial charge in [0.1, 0.15) is 11.5 Å². The Kier molecular flexibility index (Phi) is 6.46. The van der Waals surface area contributed by atoms with E-state index in [4.69, 9.17) is 9.15 Å². The van der Waals surface area contributed by atoms with Crippen LogP contribution >= 0.6 is 0 Å². The quantitative estimate of drug-likeness (QED) is 0.614. The molecule has 0 aliphatic carbocycles. The standard InChI is InChI=1S/C22H22N2O4/c1-2-13-28-20-12-6-4-10-18(20)22(26)24-19-11-5-3-9-17(19)21(25)23-15-16-8-7-14-27-16/h3-12,14H,2,13,15H2,1H3,(H,23,25)(H,24,26). The Morgan fingerprint density at radius 2 is 1.68 bits per heavy atom. The molecule has 2 amide bonds. The Morgan fingerprint density at radius 1 is 0.929 bits per heavy atom. The monoisotopic (exact) mass is 378 g/mol. The zero-order valence-corrected chi connectivity index (χ0v) is 15.6. The van der Waals surface area contributed by atoms with Gasteiger partial charge in [0, 0.05) is 0 Å². The van der Waals surface area contributed by atoms with E-state index in [0.29, 0.717) is 34.9 Å². The van der Waals surface area contributed by atoms with Crippen LogP contribution in [-0.2, 0) is 6.54 Å². The van der Waals surface area contributed by atoms with Gasteiger partial charge in [0.05, 0.1) is 36.2 Å². The Balaban J connectivity index is 1.74. The van der Waals surface area contributed by atoms with Gasteiger partial charge in [-0.15, -0.1) is 0 Å². The van der Waals surface area contributed by atoms with Crippen LogP contribution in [0.25, 0.3) is 0 Å². The summed E-state index contributed by atoms with van der Waals surface area (Å²) in [6.45, 7) is 2.79. The van der Waals surface area contributed by atoms with E-state index in [1.807, 2.05) is 13.0 Å². The predicted molar refractivity (Wildman–Crippen MR) is 107 cm³/mol. The second-order valence-electron chi connectivity index (χ2n) is 6.11.